The zero-order valence-electron chi connectivity index (χ0n) is 15.3. The molecule has 0 unspecified atom stereocenters. The number of amides is 1. The van der Waals surface area contributed by atoms with Crippen LogP contribution < -0.4 is 14.4 Å². The summed E-state index contributed by atoms with van der Waals surface area (Å²) in [5.41, 5.74) is 0.824. The van der Waals surface area contributed by atoms with Crippen molar-refractivity contribution in [2.75, 3.05) is 25.7 Å². The molecule has 8 heteroatoms. The molecule has 1 heterocycles. The Morgan fingerprint density at radius 1 is 1.11 bits per heavy atom. The maximum absolute atomic E-state index is 12.6. The van der Waals surface area contributed by atoms with Crippen molar-refractivity contribution in [2.24, 2.45) is 5.92 Å². The molecule has 1 amide bonds. The van der Waals surface area contributed by atoms with E-state index >= 15 is 0 Å². The first-order valence-corrected chi connectivity index (χ1v) is 8.85. The van der Waals surface area contributed by atoms with Crippen LogP contribution in [0.2, 0.25) is 5.02 Å². The Bertz CT molecular complexity index is 929. The van der Waals surface area contributed by atoms with Crippen molar-refractivity contribution in [3.63, 3.8) is 0 Å². The van der Waals surface area contributed by atoms with Crippen LogP contribution in [0.5, 0.6) is 11.5 Å². The van der Waals surface area contributed by atoms with Gasteiger partial charge in [0.25, 0.3) is 0 Å². The van der Waals surface area contributed by atoms with Gasteiger partial charge in [-0.3, -0.25) is 9.59 Å². The Hall–Kier alpha value is -3.06. The molecule has 0 N–H and O–H groups in total. The van der Waals surface area contributed by atoms with Gasteiger partial charge in [0.05, 0.1) is 36.4 Å². The summed E-state index contributed by atoms with van der Waals surface area (Å²) in [6.07, 6.45) is 0.0205. The molecule has 0 aliphatic carbocycles. The largest absolute Gasteiger partial charge is 0.493 e. The van der Waals surface area contributed by atoms with E-state index in [0.717, 1.165) is 0 Å². The van der Waals surface area contributed by atoms with E-state index in [9.17, 15) is 14.4 Å². The number of carbonyl (C=O) groups excluding carboxylic acids is 3. The molecule has 28 heavy (non-hydrogen) atoms. The molecule has 1 atom stereocenters. The van der Waals surface area contributed by atoms with Crippen molar-refractivity contribution >= 4 is 35.1 Å². The number of halogens is 1. The molecule has 0 saturated carbocycles. The Morgan fingerprint density at radius 3 is 2.54 bits per heavy atom. The van der Waals surface area contributed by atoms with Gasteiger partial charge in [0, 0.05) is 13.0 Å². The Kier molecular flexibility index (Phi) is 5.84. The number of nitrogens with zero attached hydrogens (tertiary/aromatic N) is 1. The molecule has 146 valence electrons. The molecule has 1 aliphatic heterocycles. The van der Waals surface area contributed by atoms with E-state index < -0.39 is 17.9 Å². The zero-order valence-corrected chi connectivity index (χ0v) is 16.1. The minimum absolute atomic E-state index is 0.0205. The third-order valence-corrected chi connectivity index (χ3v) is 4.72. The maximum atomic E-state index is 12.6. The highest BCUT2D eigenvalue weighted by atomic mass is 35.5. The van der Waals surface area contributed by atoms with Crippen molar-refractivity contribution in [3.05, 3.63) is 53.1 Å². The van der Waals surface area contributed by atoms with Gasteiger partial charge in [0.15, 0.2) is 11.5 Å². The van der Waals surface area contributed by atoms with Crippen LogP contribution in [0.15, 0.2) is 42.5 Å². The normalized spacial score (nSPS) is 16.0. The fourth-order valence-electron chi connectivity index (χ4n) is 2.96. The number of esters is 2. The first kappa shape index (κ1) is 19.7. The van der Waals surface area contributed by atoms with Gasteiger partial charge < -0.3 is 19.1 Å². The smallest absolute Gasteiger partial charge is 0.337 e. The predicted octanol–water partition coefficient (Wildman–Crippen LogP) is 3.09. The number of para-hydroxylation sites is 1. The van der Waals surface area contributed by atoms with Crippen LogP contribution in [0.3, 0.4) is 0 Å². The molecule has 0 aromatic heterocycles. The van der Waals surface area contributed by atoms with Gasteiger partial charge in [-0.15, -0.1) is 0 Å². The molecule has 7 nitrogen and oxygen atoms in total. The van der Waals surface area contributed by atoms with E-state index in [2.05, 4.69) is 4.74 Å². The van der Waals surface area contributed by atoms with Gasteiger partial charge in [0.2, 0.25) is 5.91 Å². The van der Waals surface area contributed by atoms with E-state index in [1.165, 1.54) is 37.3 Å². The summed E-state index contributed by atoms with van der Waals surface area (Å²) < 4.78 is 15.3. The molecule has 1 fully saturated rings. The highest BCUT2D eigenvalue weighted by Gasteiger charge is 2.37. The summed E-state index contributed by atoms with van der Waals surface area (Å²) in [5, 5.41) is 0.435. The SMILES string of the molecule is COC(=O)c1ccc(OC(=O)[C@H]2CC(=O)N(c3ccccc3Cl)C2)c(OC)c1. The quantitative estimate of drug-likeness (QED) is 0.563. The zero-order chi connectivity index (χ0) is 20.3. The van der Waals surface area contributed by atoms with E-state index in [1.807, 2.05) is 0 Å². The maximum Gasteiger partial charge on any atom is 0.337 e. The first-order chi connectivity index (χ1) is 13.4. The lowest BCUT2D eigenvalue weighted by atomic mass is 10.1. The molecule has 1 saturated heterocycles. The van der Waals surface area contributed by atoms with Gasteiger partial charge in [-0.05, 0) is 30.3 Å². The summed E-state index contributed by atoms with van der Waals surface area (Å²) in [7, 11) is 2.66. The van der Waals surface area contributed by atoms with E-state index in [0.29, 0.717) is 10.7 Å². The number of rotatable bonds is 5. The number of ether oxygens (including phenoxy) is 3. The summed E-state index contributed by atoms with van der Waals surface area (Å²) in [6, 6.07) is 11.3. The summed E-state index contributed by atoms with van der Waals surface area (Å²) >= 11 is 6.15. The molecule has 0 radical (unpaired) electrons. The van der Waals surface area contributed by atoms with Crippen LogP contribution in [0.1, 0.15) is 16.8 Å². The van der Waals surface area contributed by atoms with Crippen molar-refractivity contribution in [1.82, 2.24) is 0 Å². The van der Waals surface area contributed by atoms with Gasteiger partial charge in [-0.2, -0.15) is 0 Å². The number of carbonyl (C=O) groups is 3. The highest BCUT2D eigenvalue weighted by Crippen LogP contribution is 2.33. The third kappa shape index (κ3) is 3.94. The summed E-state index contributed by atoms with van der Waals surface area (Å²) in [4.78, 5) is 38.0. The second-order valence-electron chi connectivity index (χ2n) is 6.14. The summed E-state index contributed by atoms with van der Waals surface area (Å²) in [5.74, 6) is -1.58. The second kappa shape index (κ2) is 8.31. The number of hydrogen-bond donors (Lipinski definition) is 0. The van der Waals surface area contributed by atoms with E-state index in [4.69, 9.17) is 21.1 Å². The molecule has 2 aromatic carbocycles. The fourth-order valence-corrected chi connectivity index (χ4v) is 3.20. The minimum Gasteiger partial charge on any atom is -0.493 e. The first-order valence-electron chi connectivity index (χ1n) is 8.47. The van der Waals surface area contributed by atoms with Crippen LogP contribution in [-0.2, 0) is 14.3 Å². The van der Waals surface area contributed by atoms with Gasteiger partial charge in [0.1, 0.15) is 0 Å². The summed E-state index contributed by atoms with van der Waals surface area (Å²) in [6.45, 7) is 0.171. The molecule has 1 aliphatic rings. The van der Waals surface area contributed by atoms with E-state index in [1.54, 1.807) is 24.3 Å². The number of benzene rings is 2. The lowest BCUT2D eigenvalue weighted by molar-refractivity contribution is -0.139. The monoisotopic (exact) mass is 403 g/mol. The number of methoxy groups -OCH3 is 2. The van der Waals surface area contributed by atoms with Gasteiger partial charge >= 0.3 is 11.9 Å². The van der Waals surface area contributed by atoms with Crippen LogP contribution in [0, 0.1) is 5.92 Å². The predicted molar refractivity (Wildman–Crippen MR) is 102 cm³/mol. The number of anilines is 1. The molecule has 0 spiro atoms. The average Bonchev–Trinajstić information content (AvgIpc) is 3.09. The van der Waals surface area contributed by atoms with E-state index in [-0.39, 0.29) is 35.9 Å². The van der Waals surface area contributed by atoms with Gasteiger partial charge in [-0.25, -0.2) is 4.79 Å². The Morgan fingerprint density at radius 2 is 1.86 bits per heavy atom. The fraction of sp³-hybridized carbons (Fsp3) is 0.250. The Balaban J connectivity index is 1.74. The Labute approximate surface area is 166 Å². The van der Waals surface area contributed by atoms with Gasteiger partial charge in [-0.1, -0.05) is 23.7 Å². The molecule has 3 rings (SSSR count). The lowest BCUT2D eigenvalue weighted by Crippen LogP contribution is -2.27. The molecular weight excluding hydrogens is 386 g/mol. The second-order valence-corrected chi connectivity index (χ2v) is 6.54. The minimum atomic E-state index is -0.645. The van der Waals surface area contributed by atoms with Crippen LogP contribution in [-0.4, -0.2) is 38.6 Å². The molecule has 2 aromatic rings. The van der Waals surface area contributed by atoms with Crippen LogP contribution in [0.25, 0.3) is 0 Å². The molecular formula is C20H18ClNO6. The number of hydrogen-bond acceptors (Lipinski definition) is 6. The lowest BCUT2D eigenvalue weighted by Gasteiger charge is -2.18. The average molecular weight is 404 g/mol. The highest BCUT2D eigenvalue weighted by molar-refractivity contribution is 6.33. The third-order valence-electron chi connectivity index (χ3n) is 4.40. The van der Waals surface area contributed by atoms with Crippen molar-refractivity contribution in [1.29, 1.82) is 0 Å². The van der Waals surface area contributed by atoms with Crippen molar-refractivity contribution in [3.8, 4) is 11.5 Å². The van der Waals surface area contributed by atoms with Crippen LogP contribution in [0.4, 0.5) is 5.69 Å². The van der Waals surface area contributed by atoms with Crippen molar-refractivity contribution in [2.45, 2.75) is 6.42 Å². The standard InChI is InChI=1S/C20H18ClNO6/c1-26-17-9-12(19(24)27-2)7-8-16(17)28-20(25)13-10-18(23)22(11-13)15-6-4-3-5-14(15)21/h3-9,13H,10-11H2,1-2H3/t13-/m0/s1. The van der Waals surface area contributed by atoms with Crippen molar-refractivity contribution < 1.29 is 28.6 Å². The van der Waals surface area contributed by atoms with Crippen LogP contribution >= 0.6 is 11.6 Å². The topological polar surface area (TPSA) is 82.1 Å². The molecule has 0 bridgehead atoms.